The molecule has 6 rings (SSSR count). The number of aryl methyl sites for hydroxylation is 2. The molecule has 0 bridgehead atoms. The van der Waals surface area contributed by atoms with Crippen molar-refractivity contribution in [2.45, 2.75) is 40.0 Å². The van der Waals surface area contributed by atoms with Gasteiger partial charge in [-0.3, -0.25) is 4.98 Å². The van der Waals surface area contributed by atoms with Crippen LogP contribution in [0.3, 0.4) is 0 Å². The number of rotatable bonds is 2. The van der Waals surface area contributed by atoms with Gasteiger partial charge in [-0.05, 0) is 71.0 Å². The predicted octanol–water partition coefficient (Wildman–Crippen LogP) is 9.44. The van der Waals surface area contributed by atoms with Gasteiger partial charge in [-0.2, -0.15) is 0 Å². The van der Waals surface area contributed by atoms with Gasteiger partial charge in [0.2, 0.25) is 0 Å². The summed E-state index contributed by atoms with van der Waals surface area (Å²) in [6.07, 6.45) is 3.81. The van der Waals surface area contributed by atoms with Crippen LogP contribution in [0.15, 0.2) is 77.5 Å². The summed E-state index contributed by atoms with van der Waals surface area (Å²) in [4.78, 5) is 6.22. The van der Waals surface area contributed by atoms with Gasteiger partial charge in [-0.15, -0.1) is 11.3 Å². The van der Waals surface area contributed by atoms with E-state index >= 15 is 0 Å². The maximum Gasteiger partial charge on any atom is 0.134 e. The molecule has 0 atom stereocenters. The quantitative estimate of drug-likeness (QED) is 0.257. The van der Waals surface area contributed by atoms with Crippen LogP contribution in [0.2, 0.25) is 0 Å². The fraction of sp³-hybridized carbons (Fsp3) is 0.194. The lowest BCUT2D eigenvalue weighted by Gasteiger charge is -2.23. The van der Waals surface area contributed by atoms with Crippen molar-refractivity contribution in [2.24, 2.45) is 0 Å². The first kappa shape index (κ1) is 21.1. The predicted molar refractivity (Wildman–Crippen MR) is 146 cm³/mol. The van der Waals surface area contributed by atoms with E-state index in [1.54, 1.807) is 0 Å². The maximum atomic E-state index is 5.80. The molecule has 0 N–H and O–H groups in total. The molecule has 0 saturated heterocycles. The molecule has 3 heteroatoms. The van der Waals surface area contributed by atoms with Crippen LogP contribution in [-0.2, 0) is 5.41 Å². The number of furan rings is 1. The third-order valence-electron chi connectivity index (χ3n) is 6.81. The van der Waals surface area contributed by atoms with Crippen molar-refractivity contribution in [2.75, 3.05) is 0 Å². The number of hydrogen-bond donors (Lipinski definition) is 0. The normalized spacial score (nSPS) is 12.3. The van der Waals surface area contributed by atoms with Crippen LogP contribution >= 0.6 is 11.3 Å². The third kappa shape index (κ3) is 3.19. The van der Waals surface area contributed by atoms with Crippen molar-refractivity contribution < 1.29 is 4.42 Å². The molecule has 3 aromatic heterocycles. The molecule has 6 aromatic rings. The minimum Gasteiger partial charge on any atom is -0.464 e. The van der Waals surface area contributed by atoms with Crippen LogP contribution in [0.4, 0.5) is 0 Å². The largest absolute Gasteiger partial charge is 0.464 e. The van der Waals surface area contributed by atoms with Crippen LogP contribution < -0.4 is 0 Å². The Bertz CT molecular complexity index is 1710. The fourth-order valence-corrected chi connectivity index (χ4v) is 6.41. The smallest absolute Gasteiger partial charge is 0.134 e. The summed E-state index contributed by atoms with van der Waals surface area (Å²) in [6.45, 7) is 11.2. The van der Waals surface area contributed by atoms with E-state index in [1.807, 2.05) is 29.9 Å². The highest BCUT2D eigenvalue weighted by Crippen LogP contribution is 2.45. The molecular formula is C31H27NOS. The highest BCUT2D eigenvalue weighted by molar-refractivity contribution is 7.22. The lowest BCUT2D eigenvalue weighted by molar-refractivity contribution is 0.596. The summed E-state index contributed by atoms with van der Waals surface area (Å²) < 4.78 is 7.06. The van der Waals surface area contributed by atoms with E-state index in [2.05, 4.69) is 89.2 Å². The zero-order valence-corrected chi connectivity index (χ0v) is 21.0. The van der Waals surface area contributed by atoms with Crippen LogP contribution in [0.5, 0.6) is 0 Å². The summed E-state index contributed by atoms with van der Waals surface area (Å²) >= 11 is 1.84. The van der Waals surface area contributed by atoms with Gasteiger partial charge in [0.15, 0.2) is 0 Å². The van der Waals surface area contributed by atoms with Crippen molar-refractivity contribution in [3.63, 3.8) is 0 Å². The van der Waals surface area contributed by atoms with Crippen LogP contribution in [0.1, 0.15) is 37.5 Å². The van der Waals surface area contributed by atoms with Crippen LogP contribution in [0, 0.1) is 13.8 Å². The van der Waals surface area contributed by atoms with Gasteiger partial charge >= 0.3 is 0 Å². The molecule has 34 heavy (non-hydrogen) atoms. The van der Waals surface area contributed by atoms with Gasteiger partial charge < -0.3 is 4.42 Å². The van der Waals surface area contributed by atoms with Crippen molar-refractivity contribution in [3.05, 3.63) is 89.8 Å². The molecule has 0 spiro atoms. The molecule has 0 saturated carbocycles. The van der Waals surface area contributed by atoms with Crippen molar-refractivity contribution >= 4 is 43.2 Å². The Kier molecular flexibility index (Phi) is 4.69. The van der Waals surface area contributed by atoms with E-state index in [-0.39, 0.29) is 5.41 Å². The highest BCUT2D eigenvalue weighted by atomic mass is 32.1. The second kappa shape index (κ2) is 7.54. The van der Waals surface area contributed by atoms with Crippen LogP contribution in [0.25, 0.3) is 53.5 Å². The Hall–Kier alpha value is -3.43. The van der Waals surface area contributed by atoms with Crippen molar-refractivity contribution in [1.82, 2.24) is 4.98 Å². The number of aromatic nitrogens is 1. The molecule has 0 fully saturated rings. The molecule has 0 aliphatic rings. The van der Waals surface area contributed by atoms with Crippen molar-refractivity contribution in [3.8, 4) is 21.7 Å². The first-order valence-corrected chi connectivity index (χ1v) is 12.5. The second-order valence-electron chi connectivity index (χ2n) is 10.2. The molecule has 0 amide bonds. The maximum absolute atomic E-state index is 5.80. The summed E-state index contributed by atoms with van der Waals surface area (Å²) in [5.74, 6) is 0. The molecule has 3 heterocycles. The van der Waals surface area contributed by atoms with Gasteiger partial charge in [0.1, 0.15) is 5.58 Å². The first-order chi connectivity index (χ1) is 16.3. The number of thiophene rings is 1. The number of benzene rings is 3. The zero-order valence-electron chi connectivity index (χ0n) is 20.2. The Labute approximate surface area is 203 Å². The third-order valence-corrected chi connectivity index (χ3v) is 8.10. The van der Waals surface area contributed by atoms with E-state index in [9.17, 15) is 0 Å². The van der Waals surface area contributed by atoms with E-state index in [0.29, 0.717) is 0 Å². The minimum atomic E-state index is 0.0345. The van der Waals surface area contributed by atoms with E-state index in [4.69, 9.17) is 9.40 Å². The average Bonchev–Trinajstić information content (AvgIpc) is 3.37. The highest BCUT2D eigenvalue weighted by Gasteiger charge is 2.22. The summed E-state index contributed by atoms with van der Waals surface area (Å²) in [7, 11) is 0. The van der Waals surface area contributed by atoms with Gasteiger partial charge in [0.25, 0.3) is 0 Å². The van der Waals surface area contributed by atoms with Gasteiger partial charge in [0.05, 0.1) is 12.0 Å². The fourth-order valence-electron chi connectivity index (χ4n) is 5.17. The average molecular weight is 462 g/mol. The molecule has 2 nitrogen and oxygen atoms in total. The van der Waals surface area contributed by atoms with Crippen molar-refractivity contribution in [1.29, 1.82) is 0 Å². The van der Waals surface area contributed by atoms with E-state index in [1.165, 1.54) is 58.9 Å². The first-order valence-electron chi connectivity index (χ1n) is 11.7. The Balaban J connectivity index is 1.64. The van der Waals surface area contributed by atoms with E-state index in [0.717, 1.165) is 11.3 Å². The number of pyridine rings is 1. The number of nitrogens with zero attached hydrogens (tertiary/aromatic N) is 1. The Morgan fingerprint density at radius 1 is 0.882 bits per heavy atom. The molecule has 0 aliphatic carbocycles. The number of fused-ring (bicyclic) bond motifs is 3. The summed E-state index contributed by atoms with van der Waals surface area (Å²) in [5, 5.41) is 5.02. The zero-order chi connectivity index (χ0) is 23.6. The Morgan fingerprint density at radius 3 is 2.53 bits per heavy atom. The van der Waals surface area contributed by atoms with E-state index < -0.39 is 0 Å². The van der Waals surface area contributed by atoms with Crippen LogP contribution in [-0.4, -0.2) is 4.98 Å². The molecule has 0 unspecified atom stereocenters. The lowest BCUT2D eigenvalue weighted by atomic mass is 9.82. The Morgan fingerprint density at radius 2 is 1.71 bits per heavy atom. The second-order valence-corrected chi connectivity index (χ2v) is 11.2. The molecule has 3 aromatic carbocycles. The van der Waals surface area contributed by atoms with Gasteiger partial charge in [0, 0.05) is 37.7 Å². The summed E-state index contributed by atoms with van der Waals surface area (Å²) in [6, 6.07) is 21.8. The molecular weight excluding hydrogens is 434 g/mol. The molecule has 168 valence electrons. The number of hydrogen-bond acceptors (Lipinski definition) is 3. The van der Waals surface area contributed by atoms with Gasteiger partial charge in [-0.1, -0.05) is 57.2 Å². The topological polar surface area (TPSA) is 26.0 Å². The SMILES string of the molecule is Cc1coc2cccc(-c3sc4ccnc(-c5cc(C(C)(C)C)c6ccccc6c5)c4c3C)c12. The van der Waals surface area contributed by atoms with Gasteiger partial charge in [-0.25, -0.2) is 0 Å². The lowest BCUT2D eigenvalue weighted by Crippen LogP contribution is -2.12. The molecule has 0 aliphatic heterocycles. The summed E-state index contributed by atoms with van der Waals surface area (Å²) in [5.41, 5.74) is 8.26. The standard InChI is InChI=1S/C31H27NOS/c1-18-17-33-25-12-8-11-23(27(18)25)30-19(2)28-26(34-30)13-14-32-29(28)21-15-20-9-6-7-10-22(20)24(16-21)31(3,4)5/h6-17H,1-5H3. The monoisotopic (exact) mass is 461 g/mol. The minimum absolute atomic E-state index is 0.0345. The molecule has 0 radical (unpaired) electrons.